The second-order valence-corrected chi connectivity index (χ2v) is 15.8. The predicted molar refractivity (Wildman–Crippen MR) is 219 cm³/mol. The van der Waals surface area contributed by atoms with E-state index in [4.69, 9.17) is 14.6 Å². The Balaban J connectivity index is 0.000000955. The molecule has 1 saturated heterocycles. The second-order valence-electron chi connectivity index (χ2n) is 15.8. The van der Waals surface area contributed by atoms with Crippen molar-refractivity contribution in [2.24, 2.45) is 11.8 Å². The standard InChI is InChI=1S/C39H48N10O6.C2HF3O2/c1-39(2,3)55-37(52)41-24-26-6-10-29(11-7-26)35(50)43-32(36(51)42-31-14-12-28(13-15-31)34-44-46-47-45-34)22-25-4-8-27(9-5-25)30-16-17-40-33(23-30)48-18-20-49(21-19-48)38(53)54;3-2(4,5)1(6)7/h4-5,8-9,12-17,23,26,29,32H,6-7,10-11,18-22,24H2,1-3H3,(H,41,52)(H,42,51)(H,43,50)(H,53,54)(H,44,45,46,47);(H,6,7)/t26-,29-,32-;/m0./s1. The quantitative estimate of drug-likeness (QED) is 0.111. The Bertz CT molecular complexity index is 2130. The van der Waals surface area contributed by atoms with Gasteiger partial charge in [-0.25, -0.2) is 19.4 Å². The number of benzene rings is 2. The zero-order valence-corrected chi connectivity index (χ0v) is 34.3. The van der Waals surface area contributed by atoms with E-state index in [0.717, 1.165) is 40.9 Å². The van der Waals surface area contributed by atoms with Gasteiger partial charge in [-0.15, -0.1) is 10.2 Å². The molecule has 3 heterocycles. The highest BCUT2D eigenvalue weighted by Gasteiger charge is 2.38. The van der Waals surface area contributed by atoms with E-state index in [0.29, 0.717) is 57.1 Å². The maximum Gasteiger partial charge on any atom is 0.490 e. The first-order chi connectivity index (χ1) is 29.3. The number of tetrazole rings is 1. The molecule has 62 heavy (non-hydrogen) atoms. The Morgan fingerprint density at radius 2 is 1.50 bits per heavy atom. The van der Waals surface area contributed by atoms with Gasteiger partial charge in [0.15, 0.2) is 0 Å². The van der Waals surface area contributed by atoms with Crippen LogP contribution in [-0.2, 0) is 25.5 Å². The molecule has 2 aromatic heterocycles. The number of anilines is 2. The number of hydrogen-bond donors (Lipinski definition) is 6. The fourth-order valence-electron chi connectivity index (χ4n) is 6.85. The molecule has 0 radical (unpaired) electrons. The van der Waals surface area contributed by atoms with Crippen molar-refractivity contribution in [1.82, 2.24) is 41.1 Å². The highest BCUT2D eigenvalue weighted by molar-refractivity contribution is 5.97. The number of carbonyl (C=O) groups is 5. The van der Waals surface area contributed by atoms with Gasteiger partial charge in [-0.3, -0.25) is 9.59 Å². The van der Waals surface area contributed by atoms with Crippen LogP contribution in [0.25, 0.3) is 22.5 Å². The van der Waals surface area contributed by atoms with E-state index in [1.54, 1.807) is 30.5 Å². The molecule has 6 N–H and O–H groups in total. The van der Waals surface area contributed by atoms with Gasteiger partial charge in [-0.1, -0.05) is 24.3 Å². The lowest BCUT2D eigenvalue weighted by molar-refractivity contribution is -0.192. The Labute approximate surface area is 354 Å². The first kappa shape index (κ1) is 46.3. The van der Waals surface area contributed by atoms with Gasteiger partial charge in [0.25, 0.3) is 0 Å². The molecule has 4 amide bonds. The van der Waals surface area contributed by atoms with Crippen molar-refractivity contribution in [3.8, 4) is 22.5 Å². The smallest absolute Gasteiger partial charge is 0.475 e. The van der Waals surface area contributed by atoms with E-state index >= 15 is 0 Å². The van der Waals surface area contributed by atoms with Crippen LogP contribution in [0.3, 0.4) is 0 Å². The van der Waals surface area contributed by atoms with Gasteiger partial charge in [0, 0.05) is 62.5 Å². The van der Waals surface area contributed by atoms with Crippen LogP contribution in [0.2, 0.25) is 0 Å². The van der Waals surface area contributed by atoms with Crippen LogP contribution in [0.1, 0.15) is 52.0 Å². The van der Waals surface area contributed by atoms with Crippen LogP contribution in [0.15, 0.2) is 66.9 Å². The summed E-state index contributed by atoms with van der Waals surface area (Å²) in [7, 11) is 0. The first-order valence-corrected chi connectivity index (χ1v) is 19.8. The third kappa shape index (κ3) is 13.9. The van der Waals surface area contributed by atoms with Gasteiger partial charge < -0.3 is 40.7 Å². The monoisotopic (exact) mass is 866 g/mol. The molecule has 4 aromatic rings. The molecule has 2 aliphatic rings. The van der Waals surface area contributed by atoms with Crippen molar-refractivity contribution in [2.45, 2.75) is 70.7 Å². The summed E-state index contributed by atoms with van der Waals surface area (Å²) >= 11 is 0. The van der Waals surface area contributed by atoms with Crippen LogP contribution < -0.4 is 20.9 Å². The Kier molecular flexibility index (Phi) is 15.4. The lowest BCUT2D eigenvalue weighted by Crippen LogP contribution is -2.48. The maximum absolute atomic E-state index is 13.8. The summed E-state index contributed by atoms with van der Waals surface area (Å²) in [5.74, 6) is -2.07. The fraction of sp³-hybridized carbons (Fsp3) is 0.439. The van der Waals surface area contributed by atoms with Crippen LogP contribution >= 0.6 is 0 Å². The van der Waals surface area contributed by atoms with Crippen molar-refractivity contribution < 1.29 is 52.1 Å². The third-order valence-corrected chi connectivity index (χ3v) is 10.1. The van der Waals surface area contributed by atoms with E-state index in [1.807, 2.05) is 57.2 Å². The van der Waals surface area contributed by atoms with Crippen LogP contribution in [0.5, 0.6) is 0 Å². The number of alkyl carbamates (subject to hydrolysis) is 1. The molecule has 6 rings (SSSR count). The molecule has 1 atom stereocenters. The molecule has 2 fully saturated rings. The van der Waals surface area contributed by atoms with Crippen LogP contribution in [0.4, 0.5) is 34.3 Å². The molecule has 0 spiro atoms. The number of hydrogen-bond acceptors (Lipinski definition) is 11. The van der Waals surface area contributed by atoms with E-state index in [9.17, 15) is 37.5 Å². The molecule has 18 nitrogen and oxygen atoms in total. The number of pyridine rings is 1. The van der Waals surface area contributed by atoms with Crippen molar-refractivity contribution in [3.05, 3.63) is 72.4 Å². The number of aromatic amines is 1. The fourth-order valence-corrected chi connectivity index (χ4v) is 6.85. The van der Waals surface area contributed by atoms with Crippen molar-refractivity contribution in [1.29, 1.82) is 0 Å². The number of aromatic nitrogens is 5. The average Bonchev–Trinajstić information content (AvgIpc) is 3.78. The minimum Gasteiger partial charge on any atom is -0.475 e. The van der Waals surface area contributed by atoms with E-state index < -0.39 is 36.0 Å². The minimum absolute atomic E-state index is 0.170. The largest absolute Gasteiger partial charge is 0.490 e. The molecule has 2 aromatic carbocycles. The van der Waals surface area contributed by atoms with Gasteiger partial charge in [-0.2, -0.15) is 18.4 Å². The molecule has 0 bridgehead atoms. The summed E-state index contributed by atoms with van der Waals surface area (Å²) in [5.41, 5.74) is 3.50. The summed E-state index contributed by atoms with van der Waals surface area (Å²) in [5, 5.41) is 39.3. The molecule has 21 heteroatoms. The van der Waals surface area contributed by atoms with Gasteiger partial charge in [0.1, 0.15) is 17.5 Å². The second kappa shape index (κ2) is 20.6. The lowest BCUT2D eigenvalue weighted by atomic mass is 9.81. The number of amides is 4. The first-order valence-electron chi connectivity index (χ1n) is 19.8. The van der Waals surface area contributed by atoms with Crippen LogP contribution in [-0.4, -0.2) is 121 Å². The number of halogens is 3. The zero-order chi connectivity index (χ0) is 45.0. The summed E-state index contributed by atoms with van der Waals surface area (Å²) in [6, 6.07) is 18.0. The third-order valence-electron chi connectivity index (χ3n) is 10.1. The minimum atomic E-state index is -5.08. The number of aliphatic carboxylic acids is 1. The molecular weight excluding hydrogens is 818 g/mol. The summed E-state index contributed by atoms with van der Waals surface area (Å²) < 4.78 is 37.1. The molecular formula is C41H49F3N10O8. The Morgan fingerprint density at radius 3 is 2.06 bits per heavy atom. The number of nitrogens with zero attached hydrogens (tertiary/aromatic N) is 6. The lowest BCUT2D eigenvalue weighted by Gasteiger charge is -2.34. The van der Waals surface area contributed by atoms with Gasteiger partial charge >= 0.3 is 24.3 Å². The SMILES string of the molecule is CC(C)(C)OC(=O)NC[C@H]1CC[C@H](C(=O)N[C@@H](Cc2ccc(-c3ccnc(N4CCN(C(=O)O)CC4)c3)cc2)C(=O)Nc2ccc(-c3nn[nH]n3)cc2)CC1.O=C(O)C(F)(F)F. The normalized spacial score (nSPS) is 17.1. The van der Waals surface area contributed by atoms with Gasteiger partial charge in [0.05, 0.1) is 0 Å². The number of piperazine rings is 1. The van der Waals surface area contributed by atoms with E-state index in [1.165, 1.54) is 4.90 Å². The topological polar surface area (TPSA) is 245 Å². The van der Waals surface area contributed by atoms with Gasteiger partial charge in [0.2, 0.25) is 17.6 Å². The Hall–Kier alpha value is -6.80. The zero-order valence-electron chi connectivity index (χ0n) is 34.3. The van der Waals surface area contributed by atoms with Crippen molar-refractivity contribution >= 4 is 41.5 Å². The van der Waals surface area contributed by atoms with Crippen LogP contribution in [0, 0.1) is 11.8 Å². The molecule has 1 aliphatic heterocycles. The van der Waals surface area contributed by atoms with Crippen molar-refractivity contribution in [2.75, 3.05) is 42.9 Å². The van der Waals surface area contributed by atoms with E-state index in [-0.39, 0.29) is 30.1 Å². The summed E-state index contributed by atoms with van der Waals surface area (Å²) in [6.45, 7) is 7.91. The predicted octanol–water partition coefficient (Wildman–Crippen LogP) is 5.36. The number of H-pyrrole nitrogens is 1. The number of ether oxygens (including phenoxy) is 1. The molecule has 1 aliphatic carbocycles. The Morgan fingerprint density at radius 1 is 0.871 bits per heavy atom. The number of nitrogens with one attached hydrogen (secondary N) is 4. The number of carbonyl (C=O) groups excluding carboxylic acids is 3. The van der Waals surface area contributed by atoms with E-state index in [2.05, 4.69) is 46.5 Å². The molecule has 1 saturated carbocycles. The number of carboxylic acids is 1. The number of rotatable bonds is 11. The van der Waals surface area contributed by atoms with Gasteiger partial charge in [-0.05, 0) is 111 Å². The molecule has 0 unspecified atom stereocenters. The average molecular weight is 867 g/mol. The maximum atomic E-state index is 13.8. The summed E-state index contributed by atoms with van der Waals surface area (Å²) in [6.07, 6.45) is -1.58. The van der Waals surface area contributed by atoms with Crippen molar-refractivity contribution in [3.63, 3.8) is 0 Å². The summed E-state index contributed by atoms with van der Waals surface area (Å²) in [4.78, 5) is 67.9. The highest BCUT2D eigenvalue weighted by atomic mass is 19.4. The number of carboxylic acid groups (broad SMARTS) is 2. The number of alkyl halides is 3. The molecule has 332 valence electrons. The highest BCUT2D eigenvalue weighted by Crippen LogP contribution is 2.30.